The molecule has 7 heteroatoms. The molecular formula is C12H13ClN2O3S. The topological polar surface area (TPSA) is 70.5 Å². The summed E-state index contributed by atoms with van der Waals surface area (Å²) in [6.07, 6.45) is 1.56. The Kier molecular flexibility index (Phi) is 4.05. The van der Waals surface area contributed by atoms with Gasteiger partial charge in [0.05, 0.1) is 22.0 Å². The third-order valence-electron chi connectivity index (χ3n) is 2.78. The second-order valence-corrected chi connectivity index (χ2v) is 6.42. The molecule has 0 bridgehead atoms. The number of sulfonamides is 1. The smallest absolute Gasteiger partial charge is 0.243 e. The fraction of sp³-hybridized carbons (Fsp3) is 0.250. The van der Waals surface area contributed by atoms with Crippen LogP contribution in [-0.4, -0.2) is 43.0 Å². The fourth-order valence-electron chi connectivity index (χ4n) is 1.77. The van der Waals surface area contributed by atoms with E-state index >= 15 is 0 Å². The van der Waals surface area contributed by atoms with E-state index in [1.54, 1.807) is 18.3 Å². The van der Waals surface area contributed by atoms with E-state index in [2.05, 4.69) is 4.98 Å². The van der Waals surface area contributed by atoms with E-state index in [0.717, 1.165) is 4.31 Å². The zero-order chi connectivity index (χ0) is 14.0. The van der Waals surface area contributed by atoms with E-state index in [4.69, 9.17) is 16.7 Å². The summed E-state index contributed by atoms with van der Waals surface area (Å²) in [5.74, 6) is 0. The maximum Gasteiger partial charge on any atom is 0.243 e. The SMILES string of the molecule is CN(CCO)S(=O)(=O)c1ccc(Cl)c2ncccc12. The molecule has 0 amide bonds. The molecule has 5 nitrogen and oxygen atoms in total. The van der Waals surface area contributed by atoms with E-state index < -0.39 is 10.0 Å². The first-order valence-corrected chi connectivity index (χ1v) is 7.40. The molecule has 0 spiro atoms. The van der Waals surface area contributed by atoms with Crippen molar-refractivity contribution in [2.75, 3.05) is 20.2 Å². The second kappa shape index (κ2) is 5.42. The van der Waals surface area contributed by atoms with Gasteiger partial charge in [0.15, 0.2) is 0 Å². The maximum absolute atomic E-state index is 12.4. The first kappa shape index (κ1) is 14.2. The van der Waals surface area contributed by atoms with Crippen LogP contribution in [0.3, 0.4) is 0 Å². The van der Waals surface area contributed by atoms with Gasteiger partial charge in [0.1, 0.15) is 0 Å². The number of aromatic nitrogens is 1. The highest BCUT2D eigenvalue weighted by atomic mass is 35.5. The van der Waals surface area contributed by atoms with E-state index in [0.29, 0.717) is 15.9 Å². The Morgan fingerprint density at radius 1 is 1.37 bits per heavy atom. The summed E-state index contributed by atoms with van der Waals surface area (Å²) >= 11 is 6.01. The largest absolute Gasteiger partial charge is 0.395 e. The molecule has 0 fully saturated rings. The molecule has 102 valence electrons. The molecule has 0 saturated heterocycles. The average molecular weight is 301 g/mol. The van der Waals surface area contributed by atoms with E-state index in [-0.39, 0.29) is 18.0 Å². The summed E-state index contributed by atoms with van der Waals surface area (Å²) in [5, 5.41) is 9.74. The number of likely N-dealkylation sites (N-methyl/N-ethyl adjacent to an activating group) is 1. The van der Waals surface area contributed by atoms with Crippen LogP contribution in [0.1, 0.15) is 0 Å². The lowest BCUT2D eigenvalue weighted by atomic mass is 10.2. The van der Waals surface area contributed by atoms with Crippen molar-refractivity contribution < 1.29 is 13.5 Å². The molecule has 2 aromatic rings. The number of hydrogen-bond donors (Lipinski definition) is 1. The summed E-state index contributed by atoms with van der Waals surface area (Å²) in [6, 6.07) is 6.28. The van der Waals surface area contributed by atoms with Gasteiger partial charge in [0.25, 0.3) is 0 Å². The Morgan fingerprint density at radius 2 is 2.11 bits per heavy atom. The predicted molar refractivity (Wildman–Crippen MR) is 73.7 cm³/mol. The summed E-state index contributed by atoms with van der Waals surface area (Å²) < 4.78 is 25.9. The van der Waals surface area contributed by atoms with Gasteiger partial charge in [-0.15, -0.1) is 0 Å². The Labute approximate surface area is 116 Å². The van der Waals surface area contributed by atoms with Crippen LogP contribution in [0.25, 0.3) is 10.9 Å². The Bertz CT molecular complexity index is 703. The van der Waals surface area contributed by atoms with Gasteiger partial charge in [0, 0.05) is 25.2 Å². The lowest BCUT2D eigenvalue weighted by Crippen LogP contribution is -2.29. The van der Waals surface area contributed by atoms with Crippen LogP contribution < -0.4 is 0 Å². The van der Waals surface area contributed by atoms with Crippen molar-refractivity contribution >= 4 is 32.5 Å². The maximum atomic E-state index is 12.4. The van der Waals surface area contributed by atoms with Crippen molar-refractivity contribution in [2.24, 2.45) is 0 Å². The first-order chi connectivity index (χ1) is 8.98. The van der Waals surface area contributed by atoms with Gasteiger partial charge < -0.3 is 5.11 Å². The molecule has 0 aliphatic heterocycles. The van der Waals surface area contributed by atoms with E-state index in [1.807, 2.05) is 0 Å². The van der Waals surface area contributed by atoms with Gasteiger partial charge in [-0.3, -0.25) is 4.98 Å². The van der Waals surface area contributed by atoms with Crippen LogP contribution in [0, 0.1) is 0 Å². The third kappa shape index (κ3) is 2.57. The van der Waals surface area contributed by atoms with Gasteiger partial charge >= 0.3 is 0 Å². The van der Waals surface area contributed by atoms with E-state index in [9.17, 15) is 8.42 Å². The number of aliphatic hydroxyl groups excluding tert-OH is 1. The number of rotatable bonds is 4. The van der Waals surface area contributed by atoms with Crippen LogP contribution in [0.2, 0.25) is 5.02 Å². The highest BCUT2D eigenvalue weighted by Gasteiger charge is 2.23. The van der Waals surface area contributed by atoms with Crippen molar-refractivity contribution in [3.05, 3.63) is 35.5 Å². The fourth-order valence-corrected chi connectivity index (χ4v) is 3.32. The summed E-state index contributed by atoms with van der Waals surface area (Å²) in [6.45, 7) is -0.202. The Balaban J connectivity index is 2.67. The molecule has 0 radical (unpaired) electrons. The molecule has 2 rings (SSSR count). The number of hydrogen-bond acceptors (Lipinski definition) is 4. The average Bonchev–Trinajstić information content (AvgIpc) is 2.39. The van der Waals surface area contributed by atoms with Crippen molar-refractivity contribution in [1.82, 2.24) is 9.29 Å². The number of benzene rings is 1. The molecule has 0 aliphatic carbocycles. The first-order valence-electron chi connectivity index (χ1n) is 5.59. The highest BCUT2D eigenvalue weighted by molar-refractivity contribution is 7.89. The van der Waals surface area contributed by atoms with Gasteiger partial charge in [-0.2, -0.15) is 4.31 Å². The van der Waals surface area contributed by atoms with Crippen molar-refractivity contribution in [3.63, 3.8) is 0 Å². The van der Waals surface area contributed by atoms with Gasteiger partial charge in [-0.05, 0) is 24.3 Å². The molecular weight excluding hydrogens is 288 g/mol. The number of aliphatic hydroxyl groups is 1. The minimum absolute atomic E-state index is 0.0344. The molecule has 0 atom stereocenters. The van der Waals surface area contributed by atoms with Crippen molar-refractivity contribution in [3.8, 4) is 0 Å². The standard InChI is InChI=1S/C12H13ClN2O3S/c1-15(7-8-16)19(17,18)11-5-4-10(13)12-9(11)3-2-6-14-12/h2-6,16H,7-8H2,1H3. The minimum atomic E-state index is -3.67. The zero-order valence-corrected chi connectivity index (χ0v) is 11.8. The Morgan fingerprint density at radius 3 is 2.79 bits per heavy atom. The quantitative estimate of drug-likeness (QED) is 0.929. The number of nitrogens with zero attached hydrogens (tertiary/aromatic N) is 2. The van der Waals surface area contributed by atoms with Crippen LogP contribution in [0.15, 0.2) is 35.4 Å². The van der Waals surface area contributed by atoms with Gasteiger partial charge in [-0.1, -0.05) is 11.6 Å². The van der Waals surface area contributed by atoms with Crippen LogP contribution in [0.5, 0.6) is 0 Å². The summed E-state index contributed by atoms with van der Waals surface area (Å²) in [7, 11) is -2.25. The predicted octanol–water partition coefficient (Wildman–Crippen LogP) is 1.50. The highest BCUT2D eigenvalue weighted by Crippen LogP contribution is 2.28. The molecule has 1 aromatic carbocycles. The monoisotopic (exact) mass is 300 g/mol. The molecule has 0 aliphatic rings. The van der Waals surface area contributed by atoms with Crippen LogP contribution in [0.4, 0.5) is 0 Å². The van der Waals surface area contributed by atoms with Crippen molar-refractivity contribution in [2.45, 2.75) is 4.90 Å². The molecule has 1 heterocycles. The molecule has 1 N–H and O–H groups in total. The Hall–Kier alpha value is -1.21. The lowest BCUT2D eigenvalue weighted by molar-refractivity contribution is 0.266. The zero-order valence-electron chi connectivity index (χ0n) is 10.2. The molecule has 0 unspecified atom stereocenters. The number of fused-ring (bicyclic) bond motifs is 1. The molecule has 19 heavy (non-hydrogen) atoms. The summed E-state index contributed by atoms with van der Waals surface area (Å²) in [5.41, 5.74) is 0.447. The van der Waals surface area contributed by atoms with Crippen LogP contribution in [-0.2, 0) is 10.0 Å². The summed E-state index contributed by atoms with van der Waals surface area (Å²) in [4.78, 5) is 4.23. The number of pyridine rings is 1. The minimum Gasteiger partial charge on any atom is -0.395 e. The van der Waals surface area contributed by atoms with Crippen molar-refractivity contribution in [1.29, 1.82) is 0 Å². The van der Waals surface area contributed by atoms with Crippen LogP contribution >= 0.6 is 11.6 Å². The normalized spacial score (nSPS) is 12.2. The third-order valence-corrected chi connectivity index (χ3v) is 5.00. The second-order valence-electron chi connectivity index (χ2n) is 4.00. The number of halogens is 1. The lowest BCUT2D eigenvalue weighted by Gasteiger charge is -2.17. The van der Waals surface area contributed by atoms with Gasteiger partial charge in [-0.25, -0.2) is 8.42 Å². The molecule has 1 aromatic heterocycles. The molecule has 0 saturated carbocycles. The van der Waals surface area contributed by atoms with Gasteiger partial charge in [0.2, 0.25) is 10.0 Å². The van der Waals surface area contributed by atoms with E-state index in [1.165, 1.54) is 19.2 Å².